The van der Waals surface area contributed by atoms with Crippen LogP contribution in [0.25, 0.3) is 0 Å². The Morgan fingerprint density at radius 3 is 2.59 bits per heavy atom. The van der Waals surface area contributed by atoms with Crippen LogP contribution >= 0.6 is 0 Å². The minimum Gasteiger partial charge on any atom is -0.467 e. The van der Waals surface area contributed by atoms with Gasteiger partial charge in [-0.3, -0.25) is 9.59 Å². The summed E-state index contributed by atoms with van der Waals surface area (Å²) in [6.45, 7) is 4.42. The lowest BCUT2D eigenvalue weighted by Gasteiger charge is -2.36. The summed E-state index contributed by atoms with van der Waals surface area (Å²) in [5.74, 6) is 0.786. The number of para-hydroxylation sites is 2. The van der Waals surface area contributed by atoms with Crippen LogP contribution in [0.3, 0.4) is 0 Å². The van der Waals surface area contributed by atoms with Crippen molar-refractivity contribution in [2.45, 2.75) is 77.3 Å². The molecular formula is C28H35N3O3. The number of anilines is 2. The van der Waals surface area contributed by atoms with Crippen molar-refractivity contribution in [1.29, 1.82) is 0 Å². The molecule has 2 heterocycles. The fourth-order valence-electron chi connectivity index (χ4n) is 5.82. The normalized spacial score (nSPS) is 22.8. The van der Waals surface area contributed by atoms with E-state index in [0.717, 1.165) is 49.2 Å². The maximum absolute atomic E-state index is 13.6. The van der Waals surface area contributed by atoms with E-state index in [1.165, 1.54) is 12.8 Å². The summed E-state index contributed by atoms with van der Waals surface area (Å²) >= 11 is 0. The van der Waals surface area contributed by atoms with Crippen LogP contribution in [0.15, 0.2) is 58.3 Å². The molecule has 180 valence electrons. The van der Waals surface area contributed by atoms with Gasteiger partial charge in [-0.1, -0.05) is 51.7 Å². The SMILES string of the molecule is CC1(C)CC(=O)C2=C(C1)Nc1ccccc1N(CC(=O)NC1CCCCCC1)[C@@H]2c1ccco1. The Hall–Kier alpha value is -3.02. The van der Waals surface area contributed by atoms with Gasteiger partial charge in [0, 0.05) is 23.7 Å². The zero-order chi connectivity index (χ0) is 23.7. The molecule has 34 heavy (non-hydrogen) atoms. The number of hydrogen-bond acceptors (Lipinski definition) is 5. The van der Waals surface area contributed by atoms with E-state index in [1.54, 1.807) is 6.26 Å². The molecule has 1 saturated carbocycles. The second-order valence-electron chi connectivity index (χ2n) is 10.8. The molecule has 2 N–H and O–H groups in total. The van der Waals surface area contributed by atoms with Crippen molar-refractivity contribution >= 4 is 23.1 Å². The number of rotatable bonds is 4. The van der Waals surface area contributed by atoms with Gasteiger partial charge >= 0.3 is 0 Å². The third-order valence-corrected chi connectivity index (χ3v) is 7.35. The first kappa shape index (κ1) is 22.8. The Balaban J connectivity index is 1.55. The highest BCUT2D eigenvalue weighted by Gasteiger charge is 2.43. The minimum atomic E-state index is -0.454. The van der Waals surface area contributed by atoms with E-state index < -0.39 is 6.04 Å². The number of carbonyl (C=O) groups is 2. The summed E-state index contributed by atoms with van der Waals surface area (Å²) in [6, 6.07) is 11.5. The van der Waals surface area contributed by atoms with Gasteiger partial charge in [0.05, 0.1) is 24.2 Å². The predicted molar refractivity (Wildman–Crippen MR) is 134 cm³/mol. The van der Waals surface area contributed by atoms with E-state index in [0.29, 0.717) is 17.8 Å². The third-order valence-electron chi connectivity index (χ3n) is 7.35. The van der Waals surface area contributed by atoms with Gasteiger partial charge in [0.25, 0.3) is 0 Å². The average Bonchev–Trinajstić information content (AvgIpc) is 3.13. The van der Waals surface area contributed by atoms with Crippen molar-refractivity contribution in [1.82, 2.24) is 5.32 Å². The highest BCUT2D eigenvalue weighted by Crippen LogP contribution is 2.48. The maximum atomic E-state index is 13.6. The van der Waals surface area contributed by atoms with Gasteiger partial charge in [-0.05, 0) is 48.9 Å². The van der Waals surface area contributed by atoms with E-state index in [4.69, 9.17) is 4.42 Å². The van der Waals surface area contributed by atoms with Crippen LogP contribution < -0.4 is 15.5 Å². The van der Waals surface area contributed by atoms with Gasteiger partial charge < -0.3 is 20.0 Å². The van der Waals surface area contributed by atoms with E-state index >= 15 is 0 Å². The average molecular weight is 462 g/mol. The largest absolute Gasteiger partial charge is 0.467 e. The van der Waals surface area contributed by atoms with Crippen LogP contribution in [0.2, 0.25) is 0 Å². The second kappa shape index (κ2) is 9.32. The zero-order valence-corrected chi connectivity index (χ0v) is 20.2. The van der Waals surface area contributed by atoms with Gasteiger partial charge in [0.1, 0.15) is 11.8 Å². The number of carbonyl (C=O) groups excluding carboxylic acids is 2. The fraction of sp³-hybridized carbons (Fsp3) is 0.500. The fourth-order valence-corrected chi connectivity index (χ4v) is 5.82. The van der Waals surface area contributed by atoms with E-state index in [-0.39, 0.29) is 29.7 Å². The van der Waals surface area contributed by atoms with Crippen molar-refractivity contribution in [2.75, 3.05) is 16.8 Å². The molecule has 0 spiro atoms. The van der Waals surface area contributed by atoms with Crippen LogP contribution in [0.5, 0.6) is 0 Å². The second-order valence-corrected chi connectivity index (χ2v) is 10.8. The van der Waals surface area contributed by atoms with Crippen molar-refractivity contribution in [3.8, 4) is 0 Å². The van der Waals surface area contributed by atoms with Gasteiger partial charge in [0.15, 0.2) is 5.78 Å². The molecule has 1 aliphatic heterocycles. The number of fused-ring (bicyclic) bond motifs is 1. The molecule has 1 atom stereocenters. The number of allylic oxidation sites excluding steroid dienone is 1. The van der Waals surface area contributed by atoms with E-state index in [2.05, 4.69) is 24.5 Å². The van der Waals surface area contributed by atoms with Gasteiger partial charge in [-0.15, -0.1) is 0 Å². The molecule has 2 aromatic rings. The molecule has 0 unspecified atom stereocenters. The number of furan rings is 1. The molecule has 2 aliphatic carbocycles. The number of ketones is 1. The Morgan fingerprint density at radius 1 is 1.09 bits per heavy atom. The molecule has 1 fully saturated rings. The standard InChI is InChI=1S/C28H35N3O3/c1-28(2)16-21-26(23(32)17-28)27(24-14-9-15-34-24)31(22-13-8-7-12-20(22)30-21)18-25(33)29-19-10-5-3-4-6-11-19/h7-9,12-15,19,27,30H,3-6,10-11,16-18H2,1-2H3,(H,29,33)/t27-/m1/s1. The number of hydrogen-bond donors (Lipinski definition) is 2. The summed E-state index contributed by atoms with van der Waals surface area (Å²) in [5, 5.41) is 6.86. The van der Waals surface area contributed by atoms with E-state index in [9.17, 15) is 9.59 Å². The smallest absolute Gasteiger partial charge is 0.239 e. The zero-order valence-electron chi connectivity index (χ0n) is 20.2. The molecule has 0 radical (unpaired) electrons. The summed E-state index contributed by atoms with van der Waals surface area (Å²) in [5.41, 5.74) is 3.34. The maximum Gasteiger partial charge on any atom is 0.239 e. The molecule has 3 aliphatic rings. The van der Waals surface area contributed by atoms with Crippen molar-refractivity contribution in [3.05, 3.63) is 59.7 Å². The van der Waals surface area contributed by atoms with Crippen LogP contribution in [-0.2, 0) is 9.59 Å². The van der Waals surface area contributed by atoms with Crippen molar-refractivity contribution in [3.63, 3.8) is 0 Å². The van der Waals surface area contributed by atoms with Crippen LogP contribution in [0.4, 0.5) is 11.4 Å². The highest BCUT2D eigenvalue weighted by molar-refractivity contribution is 6.01. The lowest BCUT2D eigenvalue weighted by Crippen LogP contribution is -2.44. The minimum absolute atomic E-state index is 0.00843. The van der Waals surface area contributed by atoms with Crippen LogP contribution in [-0.4, -0.2) is 24.3 Å². The number of benzene rings is 1. The molecule has 0 bridgehead atoms. The summed E-state index contributed by atoms with van der Waals surface area (Å²) in [7, 11) is 0. The lowest BCUT2D eigenvalue weighted by molar-refractivity contribution is -0.121. The molecule has 5 rings (SSSR count). The number of Topliss-reactive ketones (excluding diaryl/α,β-unsaturated/α-hetero) is 1. The number of nitrogens with one attached hydrogen (secondary N) is 2. The van der Waals surface area contributed by atoms with Crippen molar-refractivity contribution in [2.24, 2.45) is 5.41 Å². The topological polar surface area (TPSA) is 74.6 Å². The molecule has 1 aromatic carbocycles. The first-order valence-corrected chi connectivity index (χ1v) is 12.6. The summed E-state index contributed by atoms with van der Waals surface area (Å²) in [6.07, 6.45) is 9.77. The molecule has 0 saturated heterocycles. The van der Waals surface area contributed by atoms with Crippen LogP contribution in [0, 0.1) is 5.41 Å². The Labute approximate surface area is 201 Å². The quantitative estimate of drug-likeness (QED) is 0.569. The third kappa shape index (κ3) is 4.63. The van der Waals surface area contributed by atoms with Crippen LogP contribution in [0.1, 0.15) is 77.0 Å². The Bertz CT molecular complexity index is 1080. The van der Waals surface area contributed by atoms with Gasteiger partial charge in [-0.25, -0.2) is 0 Å². The summed E-state index contributed by atoms with van der Waals surface area (Å²) < 4.78 is 5.88. The molecular weight excluding hydrogens is 426 g/mol. The highest BCUT2D eigenvalue weighted by atomic mass is 16.3. The number of nitrogens with zero attached hydrogens (tertiary/aromatic N) is 1. The van der Waals surface area contributed by atoms with Gasteiger partial charge in [0.2, 0.25) is 5.91 Å². The monoisotopic (exact) mass is 461 g/mol. The molecule has 6 nitrogen and oxygen atoms in total. The van der Waals surface area contributed by atoms with Crippen molar-refractivity contribution < 1.29 is 14.0 Å². The first-order chi connectivity index (χ1) is 16.4. The molecule has 6 heteroatoms. The van der Waals surface area contributed by atoms with E-state index in [1.807, 2.05) is 41.3 Å². The predicted octanol–water partition coefficient (Wildman–Crippen LogP) is 5.74. The lowest BCUT2D eigenvalue weighted by atomic mass is 9.74. The Kier molecular flexibility index (Phi) is 6.24. The molecule has 1 aromatic heterocycles. The first-order valence-electron chi connectivity index (χ1n) is 12.6. The Morgan fingerprint density at radius 2 is 1.85 bits per heavy atom. The van der Waals surface area contributed by atoms with Gasteiger partial charge in [-0.2, -0.15) is 0 Å². The molecule has 1 amide bonds. The number of amides is 1. The summed E-state index contributed by atoms with van der Waals surface area (Å²) in [4.78, 5) is 29.0.